The van der Waals surface area contributed by atoms with Crippen LogP contribution < -0.4 is 0 Å². The number of nitrogens with zero attached hydrogens (tertiary/aromatic N) is 1. The number of hydrogen-bond acceptors (Lipinski definition) is 2. The standard InChI is InChI=1S/C19H31NO/c1-16(2)7-11-18(15-20,12-8-16)19(21)13-9-17(10-14-19)5-3-4-6-17/h21H,3-14H2,1-2H3. The van der Waals surface area contributed by atoms with E-state index >= 15 is 0 Å². The van der Waals surface area contributed by atoms with Crippen molar-refractivity contribution in [2.45, 2.75) is 96.5 Å². The van der Waals surface area contributed by atoms with Crippen molar-refractivity contribution in [3.63, 3.8) is 0 Å². The van der Waals surface area contributed by atoms with Crippen molar-refractivity contribution in [2.75, 3.05) is 0 Å². The Morgan fingerprint density at radius 2 is 1.29 bits per heavy atom. The van der Waals surface area contributed by atoms with Crippen molar-refractivity contribution >= 4 is 0 Å². The summed E-state index contributed by atoms with van der Waals surface area (Å²) in [6.45, 7) is 4.60. The summed E-state index contributed by atoms with van der Waals surface area (Å²) in [5.41, 5.74) is -0.316. The topological polar surface area (TPSA) is 44.0 Å². The van der Waals surface area contributed by atoms with E-state index in [4.69, 9.17) is 0 Å². The first-order chi connectivity index (χ1) is 9.85. The van der Waals surface area contributed by atoms with E-state index in [0.29, 0.717) is 10.8 Å². The van der Waals surface area contributed by atoms with Gasteiger partial charge in [-0.3, -0.25) is 0 Å². The van der Waals surface area contributed by atoms with Crippen LogP contribution in [0.1, 0.15) is 90.9 Å². The molecule has 0 bridgehead atoms. The van der Waals surface area contributed by atoms with Gasteiger partial charge in [0, 0.05) is 0 Å². The molecule has 1 spiro atoms. The van der Waals surface area contributed by atoms with Crippen LogP contribution in [0.2, 0.25) is 0 Å². The van der Waals surface area contributed by atoms with Crippen LogP contribution in [0.4, 0.5) is 0 Å². The average molecular weight is 289 g/mol. The molecule has 3 aliphatic carbocycles. The van der Waals surface area contributed by atoms with Gasteiger partial charge in [0.1, 0.15) is 0 Å². The maximum Gasteiger partial charge on any atom is 0.0860 e. The van der Waals surface area contributed by atoms with E-state index in [-0.39, 0.29) is 0 Å². The number of hydrogen-bond donors (Lipinski definition) is 1. The Balaban J connectivity index is 1.74. The lowest BCUT2D eigenvalue weighted by molar-refractivity contribution is -0.126. The Morgan fingerprint density at radius 1 is 0.762 bits per heavy atom. The van der Waals surface area contributed by atoms with E-state index < -0.39 is 11.0 Å². The highest BCUT2D eigenvalue weighted by molar-refractivity contribution is 5.15. The van der Waals surface area contributed by atoms with E-state index in [1.165, 1.54) is 25.7 Å². The molecule has 21 heavy (non-hydrogen) atoms. The van der Waals surface area contributed by atoms with Gasteiger partial charge in [-0.15, -0.1) is 0 Å². The minimum Gasteiger partial charge on any atom is -0.388 e. The van der Waals surface area contributed by atoms with Gasteiger partial charge in [0.15, 0.2) is 0 Å². The molecule has 3 fully saturated rings. The molecule has 0 aromatic heterocycles. The SMILES string of the molecule is CC1(C)CCC(C#N)(C2(O)CCC3(CCCC3)CC2)CC1. The zero-order valence-corrected chi connectivity index (χ0v) is 13.9. The van der Waals surface area contributed by atoms with Gasteiger partial charge in [-0.25, -0.2) is 0 Å². The molecule has 0 aliphatic heterocycles. The van der Waals surface area contributed by atoms with Gasteiger partial charge < -0.3 is 5.11 Å². The molecule has 0 amide bonds. The monoisotopic (exact) mass is 289 g/mol. The van der Waals surface area contributed by atoms with Gasteiger partial charge in [-0.05, 0) is 75.0 Å². The molecule has 0 atom stereocenters. The molecule has 2 heteroatoms. The van der Waals surface area contributed by atoms with Crippen LogP contribution in [0.15, 0.2) is 0 Å². The van der Waals surface area contributed by atoms with Crippen molar-refractivity contribution < 1.29 is 5.11 Å². The lowest BCUT2D eigenvalue weighted by Gasteiger charge is -2.53. The fourth-order valence-electron chi connectivity index (χ4n) is 5.33. The maximum atomic E-state index is 11.3. The number of nitriles is 1. The molecule has 1 N–H and O–H groups in total. The summed E-state index contributed by atoms with van der Waals surface area (Å²) in [7, 11) is 0. The molecule has 3 saturated carbocycles. The second-order valence-corrected chi connectivity index (χ2v) is 9.10. The van der Waals surface area contributed by atoms with Crippen molar-refractivity contribution in [3.05, 3.63) is 0 Å². The van der Waals surface area contributed by atoms with Gasteiger partial charge >= 0.3 is 0 Å². The molecule has 118 valence electrons. The molecule has 3 rings (SSSR count). The highest BCUT2D eigenvalue weighted by atomic mass is 16.3. The predicted octanol–water partition coefficient (Wildman–Crippen LogP) is 4.96. The van der Waals surface area contributed by atoms with E-state index in [9.17, 15) is 10.4 Å². The van der Waals surface area contributed by atoms with Crippen LogP contribution in [0.25, 0.3) is 0 Å². The van der Waals surface area contributed by atoms with Crippen LogP contribution in [0.5, 0.6) is 0 Å². The largest absolute Gasteiger partial charge is 0.388 e. The lowest BCUT2D eigenvalue weighted by Crippen LogP contribution is -2.53. The first-order valence-electron chi connectivity index (χ1n) is 8.98. The minimum absolute atomic E-state index is 0.345. The fourth-order valence-corrected chi connectivity index (χ4v) is 5.33. The summed E-state index contributed by atoms with van der Waals surface area (Å²) in [5.74, 6) is 0. The highest BCUT2D eigenvalue weighted by Crippen LogP contribution is 2.59. The van der Waals surface area contributed by atoms with Gasteiger partial charge in [0.2, 0.25) is 0 Å². The quantitative estimate of drug-likeness (QED) is 0.741. The van der Waals surface area contributed by atoms with E-state index in [1.807, 2.05) is 0 Å². The summed E-state index contributed by atoms with van der Waals surface area (Å²) >= 11 is 0. The van der Waals surface area contributed by atoms with Crippen LogP contribution >= 0.6 is 0 Å². The molecule has 0 unspecified atom stereocenters. The molecule has 0 aromatic carbocycles. The summed E-state index contributed by atoms with van der Waals surface area (Å²) in [4.78, 5) is 0. The molecule has 2 nitrogen and oxygen atoms in total. The van der Waals surface area contributed by atoms with Crippen molar-refractivity contribution in [1.82, 2.24) is 0 Å². The minimum atomic E-state index is -0.716. The molecule has 3 aliphatic rings. The zero-order chi connectivity index (χ0) is 15.2. The Labute approximate surface area is 129 Å². The first kappa shape index (κ1) is 15.3. The van der Waals surface area contributed by atoms with Gasteiger partial charge in [-0.1, -0.05) is 26.7 Å². The van der Waals surface area contributed by atoms with Crippen LogP contribution in [0, 0.1) is 27.6 Å². The lowest BCUT2D eigenvalue weighted by atomic mass is 9.53. The second kappa shape index (κ2) is 4.98. The van der Waals surface area contributed by atoms with Crippen LogP contribution in [-0.4, -0.2) is 10.7 Å². The Morgan fingerprint density at radius 3 is 1.76 bits per heavy atom. The number of aliphatic hydroxyl groups is 1. The zero-order valence-electron chi connectivity index (χ0n) is 13.9. The number of rotatable bonds is 1. The van der Waals surface area contributed by atoms with E-state index in [2.05, 4.69) is 19.9 Å². The molecule has 0 radical (unpaired) electrons. The molecular weight excluding hydrogens is 258 g/mol. The Bertz CT molecular complexity index is 419. The average Bonchev–Trinajstić information content (AvgIpc) is 2.92. The maximum absolute atomic E-state index is 11.3. The summed E-state index contributed by atoms with van der Waals surface area (Å²) in [6, 6.07) is 2.59. The molecule has 0 aromatic rings. The predicted molar refractivity (Wildman–Crippen MR) is 84.6 cm³/mol. The highest BCUT2D eigenvalue weighted by Gasteiger charge is 2.56. The third kappa shape index (κ3) is 2.52. The fraction of sp³-hybridized carbons (Fsp3) is 0.947. The summed E-state index contributed by atoms with van der Waals surface area (Å²) in [6.07, 6.45) is 13.4. The van der Waals surface area contributed by atoms with E-state index in [1.54, 1.807) is 0 Å². The summed E-state index contributed by atoms with van der Waals surface area (Å²) < 4.78 is 0. The van der Waals surface area contributed by atoms with Crippen LogP contribution in [0.3, 0.4) is 0 Å². The van der Waals surface area contributed by atoms with Crippen molar-refractivity contribution in [2.24, 2.45) is 16.2 Å². The van der Waals surface area contributed by atoms with Crippen molar-refractivity contribution in [1.29, 1.82) is 5.26 Å². The third-order valence-electron chi connectivity index (χ3n) is 7.36. The van der Waals surface area contributed by atoms with Gasteiger partial charge in [-0.2, -0.15) is 5.26 Å². The molecule has 0 saturated heterocycles. The Hall–Kier alpha value is -0.550. The van der Waals surface area contributed by atoms with E-state index in [0.717, 1.165) is 51.4 Å². The smallest absolute Gasteiger partial charge is 0.0860 e. The second-order valence-electron chi connectivity index (χ2n) is 9.10. The first-order valence-corrected chi connectivity index (χ1v) is 8.98. The third-order valence-corrected chi connectivity index (χ3v) is 7.36. The Kier molecular flexibility index (Phi) is 3.64. The molecule has 0 heterocycles. The normalized spacial score (nSPS) is 37.2. The van der Waals surface area contributed by atoms with Crippen molar-refractivity contribution in [3.8, 4) is 6.07 Å². The summed E-state index contributed by atoms with van der Waals surface area (Å²) in [5, 5.41) is 21.2. The van der Waals surface area contributed by atoms with Gasteiger partial charge in [0.05, 0.1) is 17.1 Å². The molecular formula is C19H31NO. The van der Waals surface area contributed by atoms with Crippen LogP contribution in [-0.2, 0) is 0 Å². The van der Waals surface area contributed by atoms with Gasteiger partial charge in [0.25, 0.3) is 0 Å².